The summed E-state index contributed by atoms with van der Waals surface area (Å²) in [5.74, 6) is 3.69. The molecule has 0 saturated carbocycles. The Balaban J connectivity index is 0.000000138. The smallest absolute Gasteiger partial charge is 0.416 e. The number of ether oxygens (including phenoxy) is 6. The normalized spacial score (nSPS) is 15.2. The van der Waals surface area contributed by atoms with Gasteiger partial charge in [-0.15, -0.1) is 0 Å². The molecule has 6 aliphatic rings. The van der Waals surface area contributed by atoms with Crippen molar-refractivity contribution in [2.45, 2.75) is 122 Å². The fourth-order valence-electron chi connectivity index (χ4n) is 16.3. The van der Waals surface area contributed by atoms with Gasteiger partial charge in [-0.1, -0.05) is 103 Å². The second-order valence-corrected chi connectivity index (χ2v) is 32.2. The van der Waals surface area contributed by atoms with E-state index in [0.717, 1.165) is 178 Å². The maximum absolute atomic E-state index is 15.1. The molecule has 0 fully saturated rings. The molecular weight excluding hydrogens is 1630 g/mol. The molecule has 124 heavy (non-hydrogen) atoms. The maximum Gasteiger partial charge on any atom is 0.416 e. The Morgan fingerprint density at radius 3 is 0.653 bits per heavy atom. The quantitative estimate of drug-likeness (QED) is 0.109. The van der Waals surface area contributed by atoms with E-state index in [9.17, 15) is 39.5 Å². The molecule has 0 aromatic heterocycles. The number of hydrogen-bond acceptors (Lipinski definition) is 12. The molecule has 0 bridgehead atoms. The monoisotopic (exact) mass is 1710 g/mol. The molecule has 0 spiro atoms. The topological polar surface area (TPSA) is 74.8 Å². The first-order chi connectivity index (χ1) is 59.0. The predicted molar refractivity (Wildman–Crippen MR) is 444 cm³/mol. The van der Waals surface area contributed by atoms with Gasteiger partial charge >= 0.3 is 30.9 Å². The second kappa shape index (κ2) is 33.4. The summed E-state index contributed by atoms with van der Waals surface area (Å²) >= 11 is 0. The minimum atomic E-state index is -5.83. The lowest BCUT2D eigenvalue weighted by atomic mass is 9.72. The van der Waals surface area contributed by atoms with E-state index in [0.29, 0.717) is 50.3 Å². The van der Waals surface area contributed by atoms with Crippen molar-refractivity contribution in [2.75, 3.05) is 69.8 Å². The summed E-state index contributed by atoms with van der Waals surface area (Å²) < 4.78 is 243. The molecule has 12 nitrogen and oxygen atoms in total. The van der Waals surface area contributed by atoms with E-state index in [1.807, 2.05) is 47.1 Å². The zero-order valence-electron chi connectivity index (χ0n) is 67.7. The highest BCUT2D eigenvalue weighted by Gasteiger charge is 2.73. The number of benzene rings is 12. The van der Waals surface area contributed by atoms with Gasteiger partial charge in [0.25, 0.3) is 0 Å². The third-order valence-corrected chi connectivity index (χ3v) is 23.4. The van der Waals surface area contributed by atoms with Crippen molar-refractivity contribution >= 4 is 34.1 Å². The molecule has 0 amide bonds. The summed E-state index contributed by atoms with van der Waals surface area (Å²) in [4.78, 5) is 11.4. The first kappa shape index (κ1) is 84.8. The van der Waals surface area contributed by atoms with E-state index >= 15 is 26.3 Å². The fraction of sp³-hybridized carbons (Fsp3) is 0.258. The highest BCUT2D eigenvalue weighted by Crippen LogP contribution is 2.58. The SMILES string of the molecule is Cc1ccc(N2COc3ccc(C(C)(C)c4ccc5c(c4)CN(c4ccc(C(F)(F)F)cc4)CO5)cc3C2)cc1.Cc1ccc(N2COc3ccc(C(c4ccc5c(c4)CN(c4ccc(C(F)(F)F)cc4)CO5)(C(F)(F)F)C(F)(F)F)cc3C2)cc1.Cc1ccc(N2COc3ccc(Cc4ccc5c(c4)CN(c4ccc(C(F)(F)F)cc4)CO5)cc3C2)cc1. The number of aryl methyl sites for hydroxylation is 3. The highest BCUT2D eigenvalue weighted by molar-refractivity contribution is 5.61. The third kappa shape index (κ3) is 17.9. The Kier molecular flexibility index (Phi) is 22.9. The molecule has 642 valence electrons. The van der Waals surface area contributed by atoms with E-state index in [4.69, 9.17) is 28.4 Å². The van der Waals surface area contributed by atoms with Crippen LogP contribution in [0.2, 0.25) is 0 Å². The van der Waals surface area contributed by atoms with Crippen LogP contribution in [0.15, 0.2) is 255 Å². The standard InChI is InChI=1S/C33H25F9N2O2.C33H31F3N2O2.C31H27F3N2O2/c1-20-2-8-26(9-3-20)43-16-21-14-24(6-12-28(21)45-18-43)30(32(37,38)39,33(40,41)42)25-7-13-29-22(15-25)17-44(19-46-29)27-10-4-23(5-11-27)31(34,35)36;1-22-4-10-28(11-5-22)37-18-23-16-26(8-14-30(23)39-20-37)32(2,3)27-9-15-31-24(17-27)19-38(21-40-31)29-12-6-25(7-13-29)33(34,35)36;1-21-2-8-27(9-3-21)35-17-24-15-22(4-12-29(24)37-19-35)14-23-5-13-30-25(16-23)18-36(20-38-30)28-10-6-26(7-11-28)31(32,33)34/h2-15H,16-19H2,1H3;4-17H,18-21H2,1-3H3;2-13,15-16H,14,17-20H2,1H3. The van der Waals surface area contributed by atoms with Crippen LogP contribution < -0.4 is 57.8 Å². The molecule has 0 radical (unpaired) electrons. The van der Waals surface area contributed by atoms with Crippen molar-refractivity contribution in [1.82, 2.24) is 0 Å². The second-order valence-electron chi connectivity index (χ2n) is 32.2. The Morgan fingerprint density at radius 1 is 0.234 bits per heavy atom. The lowest BCUT2D eigenvalue weighted by Gasteiger charge is -2.40. The van der Waals surface area contributed by atoms with Crippen molar-refractivity contribution < 1.29 is 94.3 Å². The summed E-state index contributed by atoms with van der Waals surface area (Å²) in [7, 11) is 0. The van der Waals surface area contributed by atoms with Crippen molar-refractivity contribution in [3.63, 3.8) is 0 Å². The summed E-state index contributed by atoms with van der Waals surface area (Å²) in [5.41, 5.74) is 8.10. The van der Waals surface area contributed by atoms with Crippen LogP contribution in [0, 0.1) is 20.8 Å². The molecule has 12 aromatic rings. The van der Waals surface area contributed by atoms with Gasteiger partial charge in [0.1, 0.15) is 34.5 Å². The van der Waals surface area contributed by atoms with Gasteiger partial charge in [0.2, 0.25) is 5.41 Å². The molecule has 0 unspecified atom stereocenters. The van der Waals surface area contributed by atoms with Crippen LogP contribution in [0.3, 0.4) is 0 Å². The zero-order chi connectivity index (χ0) is 87.4. The minimum absolute atomic E-state index is 0.00774. The van der Waals surface area contributed by atoms with Gasteiger partial charge < -0.3 is 57.8 Å². The highest BCUT2D eigenvalue weighted by atomic mass is 19.4. The Morgan fingerprint density at radius 2 is 0.427 bits per heavy atom. The summed E-state index contributed by atoms with van der Waals surface area (Å²) in [5, 5.41) is 0. The molecule has 0 atom stereocenters. The van der Waals surface area contributed by atoms with E-state index in [1.165, 1.54) is 51.4 Å². The van der Waals surface area contributed by atoms with Crippen LogP contribution in [0.25, 0.3) is 0 Å². The van der Waals surface area contributed by atoms with Crippen LogP contribution >= 0.6 is 0 Å². The first-order valence-electron chi connectivity index (χ1n) is 39.9. The van der Waals surface area contributed by atoms with Crippen LogP contribution in [-0.4, -0.2) is 52.7 Å². The van der Waals surface area contributed by atoms with Crippen molar-refractivity contribution in [2.24, 2.45) is 0 Å². The maximum atomic E-state index is 15.1. The van der Waals surface area contributed by atoms with Gasteiger partial charge in [0, 0.05) is 112 Å². The average Bonchev–Trinajstić information content (AvgIpc) is 0.707. The molecule has 18 rings (SSSR count). The van der Waals surface area contributed by atoms with E-state index in [2.05, 4.69) is 141 Å². The summed E-state index contributed by atoms with van der Waals surface area (Å²) in [6.07, 6.45) is -24.2. The third-order valence-electron chi connectivity index (χ3n) is 23.4. The number of alkyl halides is 15. The van der Waals surface area contributed by atoms with Crippen molar-refractivity contribution in [3.8, 4) is 34.5 Å². The number of fused-ring (bicyclic) bond motifs is 6. The molecule has 6 aliphatic heterocycles. The Bertz CT molecular complexity index is 5830. The van der Waals surface area contributed by atoms with E-state index in [-0.39, 0.29) is 67.0 Å². The molecule has 0 N–H and O–H groups in total. The van der Waals surface area contributed by atoms with Crippen molar-refractivity contribution in [1.29, 1.82) is 0 Å². The summed E-state index contributed by atoms with van der Waals surface area (Å²) in [6.45, 7) is 14.4. The largest absolute Gasteiger partial charge is 0.473 e. The Hall–Kier alpha value is -12.8. The van der Waals surface area contributed by atoms with Crippen LogP contribution in [0.1, 0.15) is 114 Å². The predicted octanol–water partition coefficient (Wildman–Crippen LogP) is 24.5. The molecular formula is C97H83F15N6O6. The summed E-state index contributed by atoms with van der Waals surface area (Å²) in [6, 6.07) is 69.2. The fourth-order valence-corrected chi connectivity index (χ4v) is 16.3. The number of hydrogen-bond donors (Lipinski definition) is 0. The minimum Gasteiger partial charge on any atom is -0.473 e. The van der Waals surface area contributed by atoms with E-state index in [1.54, 1.807) is 17.0 Å². The van der Waals surface area contributed by atoms with Gasteiger partial charge in [0.15, 0.2) is 40.4 Å². The molecule has 27 heteroatoms. The number of rotatable bonds is 12. The van der Waals surface area contributed by atoms with E-state index < -0.39 is 64.1 Å². The lowest BCUT2D eigenvalue weighted by Crippen LogP contribution is -2.55. The molecule has 6 heterocycles. The number of anilines is 6. The number of nitrogens with zero attached hydrogens (tertiary/aromatic N) is 6. The van der Waals surface area contributed by atoms with Gasteiger partial charge in [-0.25, -0.2) is 0 Å². The van der Waals surface area contributed by atoms with Gasteiger partial charge in [-0.2, -0.15) is 65.9 Å². The Labute approximate surface area is 706 Å². The average molecular weight is 1710 g/mol. The zero-order valence-corrected chi connectivity index (χ0v) is 67.7. The number of halogens is 15. The van der Waals surface area contributed by atoms with Gasteiger partial charge in [0.05, 0.1) is 16.7 Å². The lowest BCUT2D eigenvalue weighted by molar-refractivity contribution is -0.288. The molecule has 0 aliphatic carbocycles. The van der Waals surface area contributed by atoms with Crippen molar-refractivity contribution in [3.05, 3.63) is 355 Å². The van der Waals surface area contributed by atoms with Crippen LogP contribution in [0.5, 0.6) is 34.5 Å². The van der Waals surface area contributed by atoms with Crippen LogP contribution in [0.4, 0.5) is 100.0 Å². The van der Waals surface area contributed by atoms with Crippen LogP contribution in [-0.2, 0) is 75.0 Å². The van der Waals surface area contributed by atoms with Gasteiger partial charge in [-0.05, 0) is 243 Å². The first-order valence-corrected chi connectivity index (χ1v) is 39.9. The molecule has 12 aromatic carbocycles. The molecule has 0 saturated heterocycles. The van der Waals surface area contributed by atoms with Gasteiger partial charge in [-0.3, -0.25) is 0 Å².